The molecule has 0 aliphatic rings. The highest BCUT2D eigenvalue weighted by atomic mass is 35.5. The molecule has 0 unspecified atom stereocenters. The van der Waals surface area contributed by atoms with Crippen LogP contribution in [0.3, 0.4) is 0 Å². The highest BCUT2D eigenvalue weighted by Gasteiger charge is 2.33. The number of carbonyl (C=O) groups is 2. The van der Waals surface area contributed by atoms with Gasteiger partial charge in [-0.2, -0.15) is 0 Å². The summed E-state index contributed by atoms with van der Waals surface area (Å²) in [6, 6.07) is 20.4. The quantitative estimate of drug-likeness (QED) is 0.334. The van der Waals surface area contributed by atoms with Crippen molar-refractivity contribution in [3.05, 3.63) is 89.4 Å². The highest BCUT2D eigenvalue weighted by Crippen LogP contribution is 2.30. The minimum atomic E-state index is -4.17. The van der Waals surface area contributed by atoms with Gasteiger partial charge in [0.05, 0.1) is 22.7 Å². The Kier molecular flexibility index (Phi) is 10.4. The zero-order chi connectivity index (χ0) is 28.6. The van der Waals surface area contributed by atoms with E-state index < -0.39 is 28.5 Å². The SMILES string of the molecule is CC[C@@H](C)NC(=O)[C@@H](C)N(Cc1ccc(OC)cc1)C(=O)CN(c1ccccc1Cl)S(=O)(=O)c1ccccc1. The molecule has 0 aliphatic heterocycles. The average molecular weight is 572 g/mol. The van der Waals surface area contributed by atoms with E-state index >= 15 is 0 Å². The molecule has 0 aliphatic carbocycles. The lowest BCUT2D eigenvalue weighted by Gasteiger charge is -2.32. The maximum atomic E-state index is 13.9. The normalized spacial score (nSPS) is 12.7. The molecule has 2 amide bonds. The van der Waals surface area contributed by atoms with Gasteiger partial charge < -0.3 is 15.0 Å². The summed E-state index contributed by atoms with van der Waals surface area (Å²) in [5.74, 6) is -0.239. The molecule has 8 nitrogen and oxygen atoms in total. The predicted octanol–water partition coefficient (Wildman–Crippen LogP) is 4.88. The van der Waals surface area contributed by atoms with Gasteiger partial charge in [-0.15, -0.1) is 0 Å². The summed E-state index contributed by atoms with van der Waals surface area (Å²) in [5, 5.41) is 3.09. The molecule has 0 bridgehead atoms. The molecule has 208 valence electrons. The fourth-order valence-corrected chi connectivity index (χ4v) is 5.60. The van der Waals surface area contributed by atoms with Crippen LogP contribution in [0.15, 0.2) is 83.8 Å². The van der Waals surface area contributed by atoms with Gasteiger partial charge in [0, 0.05) is 12.6 Å². The maximum absolute atomic E-state index is 13.9. The summed E-state index contributed by atoms with van der Waals surface area (Å²) >= 11 is 6.41. The van der Waals surface area contributed by atoms with Crippen LogP contribution in [-0.2, 0) is 26.2 Å². The fourth-order valence-electron chi connectivity index (χ4n) is 3.86. The molecule has 3 rings (SSSR count). The summed E-state index contributed by atoms with van der Waals surface area (Å²) in [4.78, 5) is 28.4. The van der Waals surface area contributed by atoms with Crippen LogP contribution >= 0.6 is 11.6 Å². The van der Waals surface area contributed by atoms with Gasteiger partial charge in [0.1, 0.15) is 18.3 Å². The number of methoxy groups -OCH3 is 1. The number of para-hydroxylation sites is 1. The van der Waals surface area contributed by atoms with E-state index in [2.05, 4.69) is 5.32 Å². The van der Waals surface area contributed by atoms with Crippen LogP contribution in [0.2, 0.25) is 5.02 Å². The Bertz CT molecular complexity index is 1370. The molecule has 0 spiro atoms. The van der Waals surface area contributed by atoms with Crippen LogP contribution in [-0.4, -0.2) is 50.9 Å². The maximum Gasteiger partial charge on any atom is 0.264 e. The number of halogens is 1. The number of carbonyl (C=O) groups excluding carboxylic acids is 2. The zero-order valence-corrected chi connectivity index (χ0v) is 24.1. The van der Waals surface area contributed by atoms with Crippen molar-refractivity contribution >= 4 is 39.1 Å². The van der Waals surface area contributed by atoms with Gasteiger partial charge in [0.25, 0.3) is 10.0 Å². The van der Waals surface area contributed by atoms with Crippen molar-refractivity contribution in [3.63, 3.8) is 0 Å². The highest BCUT2D eigenvalue weighted by molar-refractivity contribution is 7.92. The van der Waals surface area contributed by atoms with Crippen molar-refractivity contribution < 1.29 is 22.7 Å². The summed E-state index contributed by atoms with van der Waals surface area (Å²) in [6.45, 7) is 4.99. The van der Waals surface area contributed by atoms with E-state index in [1.54, 1.807) is 80.8 Å². The first-order valence-electron chi connectivity index (χ1n) is 12.6. The van der Waals surface area contributed by atoms with Crippen molar-refractivity contribution in [1.82, 2.24) is 10.2 Å². The largest absolute Gasteiger partial charge is 0.497 e. The molecule has 39 heavy (non-hydrogen) atoms. The molecule has 0 aromatic heterocycles. The Morgan fingerprint density at radius 3 is 2.15 bits per heavy atom. The fraction of sp³-hybridized carbons (Fsp3) is 0.310. The second-order valence-corrected chi connectivity index (χ2v) is 11.4. The van der Waals surface area contributed by atoms with Crippen LogP contribution in [0.1, 0.15) is 32.8 Å². The van der Waals surface area contributed by atoms with Crippen LogP contribution in [0.25, 0.3) is 0 Å². The molecule has 0 radical (unpaired) electrons. The van der Waals surface area contributed by atoms with Crippen molar-refractivity contribution in [2.75, 3.05) is 18.0 Å². The Hall–Kier alpha value is -3.56. The van der Waals surface area contributed by atoms with Crippen LogP contribution in [0, 0.1) is 0 Å². The number of hydrogen-bond donors (Lipinski definition) is 1. The Morgan fingerprint density at radius 1 is 0.949 bits per heavy atom. The van der Waals surface area contributed by atoms with Gasteiger partial charge in [0.15, 0.2) is 0 Å². The van der Waals surface area contributed by atoms with E-state index in [0.717, 1.165) is 16.3 Å². The van der Waals surface area contributed by atoms with Gasteiger partial charge in [-0.3, -0.25) is 13.9 Å². The predicted molar refractivity (Wildman–Crippen MR) is 153 cm³/mol. The third-order valence-electron chi connectivity index (χ3n) is 6.41. The van der Waals surface area contributed by atoms with Crippen LogP contribution < -0.4 is 14.4 Å². The minimum Gasteiger partial charge on any atom is -0.497 e. The first-order valence-corrected chi connectivity index (χ1v) is 14.4. The molecule has 2 atom stereocenters. The summed E-state index contributed by atoms with van der Waals surface area (Å²) in [6.07, 6.45) is 0.723. The number of nitrogens with zero attached hydrogens (tertiary/aromatic N) is 2. The molecular formula is C29H34ClN3O5S. The van der Waals surface area contributed by atoms with Crippen molar-refractivity contribution in [3.8, 4) is 5.75 Å². The summed E-state index contributed by atoms with van der Waals surface area (Å²) in [7, 11) is -2.61. The third-order valence-corrected chi connectivity index (χ3v) is 8.51. The van der Waals surface area contributed by atoms with E-state index in [9.17, 15) is 18.0 Å². The molecule has 10 heteroatoms. The van der Waals surface area contributed by atoms with Gasteiger partial charge in [-0.05, 0) is 62.2 Å². The van der Waals surface area contributed by atoms with E-state index in [1.807, 2.05) is 13.8 Å². The van der Waals surface area contributed by atoms with E-state index in [4.69, 9.17) is 16.3 Å². The van der Waals surface area contributed by atoms with Gasteiger partial charge in [-0.25, -0.2) is 8.42 Å². The molecule has 0 heterocycles. The number of anilines is 1. The first kappa shape index (κ1) is 30.0. The lowest BCUT2D eigenvalue weighted by molar-refractivity contribution is -0.139. The molecule has 0 saturated carbocycles. The Labute approximate surface area is 235 Å². The smallest absolute Gasteiger partial charge is 0.264 e. The Balaban J connectivity index is 2.02. The Morgan fingerprint density at radius 2 is 1.56 bits per heavy atom. The average Bonchev–Trinajstić information content (AvgIpc) is 2.95. The number of nitrogens with one attached hydrogen (secondary N) is 1. The van der Waals surface area contributed by atoms with Gasteiger partial charge in [-0.1, -0.05) is 61.0 Å². The topological polar surface area (TPSA) is 96.0 Å². The van der Waals surface area contributed by atoms with Crippen LogP contribution in [0.4, 0.5) is 5.69 Å². The minimum absolute atomic E-state index is 0.0157. The second kappa shape index (κ2) is 13.5. The number of hydrogen-bond acceptors (Lipinski definition) is 5. The lowest BCUT2D eigenvalue weighted by Crippen LogP contribution is -2.52. The number of rotatable bonds is 12. The van der Waals surface area contributed by atoms with E-state index in [-0.39, 0.29) is 34.1 Å². The van der Waals surface area contributed by atoms with Crippen molar-refractivity contribution in [1.29, 1.82) is 0 Å². The zero-order valence-electron chi connectivity index (χ0n) is 22.5. The van der Waals surface area contributed by atoms with Crippen molar-refractivity contribution in [2.45, 2.75) is 50.7 Å². The number of ether oxygens (including phenoxy) is 1. The van der Waals surface area contributed by atoms with Gasteiger partial charge in [0.2, 0.25) is 11.8 Å². The molecule has 3 aromatic carbocycles. The third kappa shape index (κ3) is 7.52. The second-order valence-electron chi connectivity index (χ2n) is 9.14. The summed E-state index contributed by atoms with van der Waals surface area (Å²) in [5.41, 5.74) is 0.917. The standard InChI is InChI=1S/C29H34ClN3O5S/c1-5-21(2)31-29(35)22(3)32(19-23-15-17-24(38-4)18-16-23)28(34)20-33(27-14-10-9-13-26(27)30)39(36,37)25-11-7-6-8-12-25/h6-18,21-22H,5,19-20H2,1-4H3,(H,31,35)/t21-,22-/m1/s1. The molecule has 1 N–H and O–H groups in total. The number of benzene rings is 3. The molecular weight excluding hydrogens is 538 g/mol. The first-order chi connectivity index (χ1) is 18.6. The lowest BCUT2D eigenvalue weighted by atomic mass is 10.1. The van der Waals surface area contributed by atoms with Crippen LogP contribution in [0.5, 0.6) is 5.75 Å². The molecule has 3 aromatic rings. The number of sulfonamides is 1. The van der Waals surface area contributed by atoms with Crippen molar-refractivity contribution in [2.24, 2.45) is 0 Å². The van der Waals surface area contributed by atoms with Gasteiger partial charge >= 0.3 is 0 Å². The molecule has 0 saturated heterocycles. The monoisotopic (exact) mass is 571 g/mol. The summed E-state index contributed by atoms with van der Waals surface area (Å²) < 4.78 is 33.7. The number of amides is 2. The molecule has 0 fully saturated rings. The van der Waals surface area contributed by atoms with E-state index in [1.165, 1.54) is 17.0 Å². The van der Waals surface area contributed by atoms with E-state index in [0.29, 0.717) is 5.75 Å².